The van der Waals surface area contributed by atoms with Crippen molar-refractivity contribution in [1.82, 2.24) is 25.4 Å². The van der Waals surface area contributed by atoms with Crippen molar-refractivity contribution >= 4 is 17.8 Å². The number of anilines is 1. The van der Waals surface area contributed by atoms with E-state index in [4.69, 9.17) is 5.11 Å². The summed E-state index contributed by atoms with van der Waals surface area (Å²) < 4.78 is 16.9. The molecule has 2 unspecified atom stereocenters. The van der Waals surface area contributed by atoms with Crippen molar-refractivity contribution in [3.8, 4) is 11.3 Å². The fraction of sp³-hybridized carbons (Fsp3) is 0.474. The molecule has 9 nitrogen and oxygen atoms in total. The van der Waals surface area contributed by atoms with Crippen molar-refractivity contribution in [2.75, 3.05) is 5.32 Å². The number of nitrogens with zero attached hydrogens (tertiary/aromatic N) is 3. The number of aromatic nitrogens is 3. The molecular weight excluding hydrogens is 379 g/mol. The third-order valence-corrected chi connectivity index (χ3v) is 5.52. The van der Waals surface area contributed by atoms with E-state index in [-0.39, 0.29) is 41.5 Å². The molecule has 1 fully saturated rings. The van der Waals surface area contributed by atoms with Crippen LogP contribution in [-0.2, 0) is 13.1 Å². The number of hydrogen-bond donors (Lipinski definition) is 4. The van der Waals surface area contributed by atoms with E-state index in [9.17, 15) is 9.59 Å². The van der Waals surface area contributed by atoms with E-state index >= 15 is 4.39 Å². The summed E-state index contributed by atoms with van der Waals surface area (Å²) in [6.45, 7) is 2.69. The second-order valence-electron chi connectivity index (χ2n) is 7.34. The zero-order valence-corrected chi connectivity index (χ0v) is 16.0. The van der Waals surface area contributed by atoms with Crippen LogP contribution >= 0.6 is 0 Å². The molecule has 2 aliphatic rings. The van der Waals surface area contributed by atoms with Crippen LogP contribution in [0, 0.1) is 5.82 Å². The van der Waals surface area contributed by atoms with Crippen molar-refractivity contribution < 1.29 is 19.1 Å². The van der Waals surface area contributed by atoms with E-state index in [0.29, 0.717) is 30.6 Å². The highest BCUT2D eigenvalue weighted by Crippen LogP contribution is 2.33. The smallest absolute Gasteiger partial charge is 0.404 e. The first-order chi connectivity index (χ1) is 14.0. The second-order valence-corrected chi connectivity index (χ2v) is 7.34. The van der Waals surface area contributed by atoms with Gasteiger partial charge >= 0.3 is 6.09 Å². The van der Waals surface area contributed by atoms with Crippen LogP contribution in [0.1, 0.15) is 48.5 Å². The molecule has 29 heavy (non-hydrogen) atoms. The van der Waals surface area contributed by atoms with Gasteiger partial charge in [0, 0.05) is 36.5 Å². The molecule has 2 aromatic rings. The maximum Gasteiger partial charge on any atom is 0.404 e. The first-order valence-electron chi connectivity index (χ1n) is 9.77. The molecule has 4 rings (SSSR count). The molecule has 2 amide bonds. The Balaban J connectivity index is 1.73. The van der Waals surface area contributed by atoms with Crippen molar-refractivity contribution in [3.05, 3.63) is 29.3 Å². The van der Waals surface area contributed by atoms with Gasteiger partial charge in [-0.05, 0) is 19.8 Å². The summed E-state index contributed by atoms with van der Waals surface area (Å²) in [5.41, 5.74) is 1.50. The number of hydrogen-bond acceptors (Lipinski definition) is 5. The lowest BCUT2D eigenvalue weighted by Gasteiger charge is -2.32. The van der Waals surface area contributed by atoms with Gasteiger partial charge in [0.2, 0.25) is 0 Å². The Labute approximate surface area is 166 Å². The van der Waals surface area contributed by atoms with E-state index in [1.165, 1.54) is 0 Å². The van der Waals surface area contributed by atoms with Gasteiger partial charge in [-0.2, -0.15) is 5.10 Å². The number of carbonyl (C=O) groups excluding carboxylic acids is 1. The maximum atomic E-state index is 15.2. The fourth-order valence-corrected chi connectivity index (χ4v) is 4.05. The van der Waals surface area contributed by atoms with Crippen LogP contribution in [0.2, 0.25) is 0 Å². The minimum absolute atomic E-state index is 0.0311. The summed E-state index contributed by atoms with van der Waals surface area (Å²) in [6, 6.07) is -0.613. The van der Waals surface area contributed by atoms with Crippen molar-refractivity contribution in [3.63, 3.8) is 0 Å². The van der Waals surface area contributed by atoms with Crippen LogP contribution < -0.4 is 16.0 Å². The van der Waals surface area contributed by atoms with Gasteiger partial charge in [0.1, 0.15) is 0 Å². The number of nitrogens with one attached hydrogen (secondary N) is 3. The van der Waals surface area contributed by atoms with Gasteiger partial charge in [-0.3, -0.25) is 9.48 Å². The third kappa shape index (κ3) is 3.62. The number of carboxylic acid groups (broad SMARTS) is 1. The summed E-state index contributed by atoms with van der Waals surface area (Å²) in [5, 5.41) is 21.6. The zero-order chi connectivity index (χ0) is 20.5. The van der Waals surface area contributed by atoms with Crippen molar-refractivity contribution in [1.29, 1.82) is 0 Å². The summed E-state index contributed by atoms with van der Waals surface area (Å²) in [7, 11) is 0. The highest BCUT2D eigenvalue weighted by molar-refractivity contribution is 6.04. The molecule has 0 radical (unpaired) electrons. The lowest BCUT2D eigenvalue weighted by atomic mass is 9.90. The van der Waals surface area contributed by atoms with Gasteiger partial charge in [-0.25, -0.2) is 14.2 Å². The normalized spacial score (nSPS) is 20.8. The highest BCUT2D eigenvalue weighted by atomic mass is 19.1. The summed E-state index contributed by atoms with van der Waals surface area (Å²) in [6.07, 6.45) is 5.46. The first-order valence-corrected chi connectivity index (χ1v) is 9.77. The highest BCUT2D eigenvalue weighted by Gasteiger charge is 2.33. The Morgan fingerprint density at radius 3 is 2.83 bits per heavy atom. The molecule has 10 heteroatoms. The molecule has 4 N–H and O–H groups in total. The largest absolute Gasteiger partial charge is 0.465 e. The monoisotopic (exact) mass is 402 g/mol. The average Bonchev–Trinajstić information content (AvgIpc) is 3.32. The van der Waals surface area contributed by atoms with Crippen LogP contribution in [0.4, 0.5) is 15.0 Å². The summed E-state index contributed by atoms with van der Waals surface area (Å²) in [4.78, 5) is 27.9. The number of aryl methyl sites for hydroxylation is 1. The van der Waals surface area contributed by atoms with Gasteiger partial charge in [0.25, 0.3) is 5.91 Å². The standard InChI is InChI=1S/C19H23FN6O3/c1-2-26-9-10(7-22-26)16-14-11(8-21-18(14)27)15(20)17(25-16)23-12-5-3-4-6-13(12)24-19(28)29/h7,9,12-13,24H,2-6,8H2,1H3,(H,21,27)(H,23,25)(H,28,29). The molecule has 2 atom stereocenters. The topological polar surface area (TPSA) is 121 Å². The lowest BCUT2D eigenvalue weighted by molar-refractivity contribution is 0.0966. The second kappa shape index (κ2) is 7.69. The molecule has 2 aromatic heterocycles. The Hall–Kier alpha value is -3.17. The minimum atomic E-state index is -1.10. The van der Waals surface area contributed by atoms with Crippen LogP contribution in [-0.4, -0.2) is 44.0 Å². The predicted octanol–water partition coefficient (Wildman–Crippen LogP) is 2.34. The predicted molar refractivity (Wildman–Crippen MR) is 103 cm³/mol. The molecule has 0 saturated heterocycles. The molecule has 3 heterocycles. The van der Waals surface area contributed by atoms with Crippen molar-refractivity contribution in [2.24, 2.45) is 0 Å². The van der Waals surface area contributed by atoms with E-state index in [2.05, 4.69) is 26.0 Å². The Morgan fingerprint density at radius 1 is 1.38 bits per heavy atom. The quantitative estimate of drug-likeness (QED) is 0.609. The van der Waals surface area contributed by atoms with E-state index < -0.39 is 11.9 Å². The number of rotatable bonds is 5. The third-order valence-electron chi connectivity index (χ3n) is 5.52. The van der Waals surface area contributed by atoms with Gasteiger partial charge in [0.05, 0.1) is 23.5 Å². The number of amides is 2. The average molecular weight is 402 g/mol. The number of halogens is 1. The minimum Gasteiger partial charge on any atom is -0.465 e. The molecule has 1 aliphatic heterocycles. The fourth-order valence-electron chi connectivity index (χ4n) is 4.05. The first kappa shape index (κ1) is 19.2. The van der Waals surface area contributed by atoms with Gasteiger partial charge in [-0.1, -0.05) is 12.8 Å². The lowest BCUT2D eigenvalue weighted by Crippen LogP contribution is -2.48. The SMILES string of the molecule is CCn1cc(-c2nc(NC3CCCCC3NC(=O)O)c(F)c3c2C(=O)NC3)cn1. The number of pyridine rings is 1. The number of carbonyl (C=O) groups is 2. The van der Waals surface area contributed by atoms with Crippen molar-refractivity contribution in [2.45, 2.75) is 57.8 Å². The Bertz CT molecular complexity index is 960. The van der Waals surface area contributed by atoms with E-state index in [1.807, 2.05) is 6.92 Å². The van der Waals surface area contributed by atoms with Crippen LogP contribution in [0.5, 0.6) is 0 Å². The number of fused-ring (bicyclic) bond motifs is 1. The molecule has 1 saturated carbocycles. The van der Waals surface area contributed by atoms with Gasteiger partial charge in [0.15, 0.2) is 11.6 Å². The Kier molecular flexibility index (Phi) is 5.08. The summed E-state index contributed by atoms with van der Waals surface area (Å²) >= 11 is 0. The van der Waals surface area contributed by atoms with E-state index in [1.54, 1.807) is 17.1 Å². The molecule has 0 spiro atoms. The maximum absolute atomic E-state index is 15.2. The van der Waals surface area contributed by atoms with E-state index in [0.717, 1.165) is 12.8 Å². The Morgan fingerprint density at radius 2 is 2.14 bits per heavy atom. The summed E-state index contributed by atoms with van der Waals surface area (Å²) in [5.74, 6) is -0.909. The van der Waals surface area contributed by atoms with Crippen LogP contribution in [0.15, 0.2) is 12.4 Å². The molecule has 154 valence electrons. The molecule has 0 bridgehead atoms. The van der Waals surface area contributed by atoms with Gasteiger partial charge in [-0.15, -0.1) is 0 Å². The zero-order valence-electron chi connectivity index (χ0n) is 16.0. The van der Waals surface area contributed by atoms with Crippen LogP contribution in [0.25, 0.3) is 11.3 Å². The molecular formula is C19H23FN6O3. The van der Waals surface area contributed by atoms with Crippen LogP contribution in [0.3, 0.4) is 0 Å². The molecule has 0 aromatic carbocycles. The molecule has 1 aliphatic carbocycles. The van der Waals surface area contributed by atoms with Gasteiger partial charge < -0.3 is 21.1 Å².